The van der Waals surface area contributed by atoms with Crippen molar-refractivity contribution in [1.82, 2.24) is 5.48 Å². The first-order valence-corrected chi connectivity index (χ1v) is 5.84. The molecule has 0 aromatic heterocycles. The second-order valence-electron chi connectivity index (χ2n) is 4.06. The van der Waals surface area contributed by atoms with Crippen LogP contribution in [0.25, 0.3) is 0 Å². The highest BCUT2D eigenvalue weighted by Gasteiger charge is 2.27. The highest BCUT2D eigenvalue weighted by atomic mass is 19.4. The van der Waals surface area contributed by atoms with Crippen LogP contribution in [-0.4, -0.2) is 26.0 Å². The van der Waals surface area contributed by atoms with E-state index in [0.29, 0.717) is 24.7 Å². The Morgan fingerprint density at radius 3 is 2.63 bits per heavy atom. The molecule has 0 fully saturated rings. The van der Waals surface area contributed by atoms with Crippen LogP contribution >= 0.6 is 0 Å². The molecule has 0 saturated heterocycles. The summed E-state index contributed by atoms with van der Waals surface area (Å²) in [6, 6.07) is 5.21. The molecule has 1 aliphatic rings. The summed E-state index contributed by atoms with van der Waals surface area (Å²) in [6.45, 7) is -0.00197. The molecule has 19 heavy (non-hydrogen) atoms. The van der Waals surface area contributed by atoms with E-state index in [0.717, 1.165) is 12.0 Å². The van der Waals surface area contributed by atoms with Crippen molar-refractivity contribution in [1.29, 1.82) is 0 Å². The smallest absolute Gasteiger partial charge is 0.413 e. The van der Waals surface area contributed by atoms with E-state index < -0.39 is 12.8 Å². The average Bonchev–Trinajstić information content (AvgIpc) is 2.58. The van der Waals surface area contributed by atoms with Gasteiger partial charge in [-0.3, -0.25) is 4.84 Å². The summed E-state index contributed by atoms with van der Waals surface area (Å²) in [5, 5.41) is 0. The van der Waals surface area contributed by atoms with E-state index in [9.17, 15) is 13.2 Å². The van der Waals surface area contributed by atoms with E-state index in [1.165, 1.54) is 0 Å². The normalized spacial score (nSPS) is 15.1. The highest BCUT2D eigenvalue weighted by Crippen LogP contribution is 2.30. The molecule has 2 rings (SSSR count). The molecule has 0 amide bonds. The Morgan fingerprint density at radius 2 is 1.89 bits per heavy atom. The van der Waals surface area contributed by atoms with Gasteiger partial charge >= 0.3 is 6.18 Å². The van der Waals surface area contributed by atoms with Crippen molar-refractivity contribution in [3.05, 3.63) is 23.8 Å². The van der Waals surface area contributed by atoms with Gasteiger partial charge in [0.25, 0.3) is 0 Å². The minimum atomic E-state index is -4.34. The Labute approximate surface area is 108 Å². The zero-order valence-electron chi connectivity index (χ0n) is 10.1. The Bertz CT molecular complexity index is 423. The maximum absolute atomic E-state index is 11.9. The number of alkyl halides is 3. The minimum Gasteiger partial charge on any atom is -0.490 e. The zero-order valence-corrected chi connectivity index (χ0v) is 10.1. The van der Waals surface area contributed by atoms with Gasteiger partial charge in [0.2, 0.25) is 0 Å². The van der Waals surface area contributed by atoms with Crippen molar-refractivity contribution in [2.75, 3.05) is 19.8 Å². The number of nitrogens with one attached hydrogen (secondary N) is 1. The minimum absolute atomic E-state index is 0.159. The second kappa shape index (κ2) is 6.12. The summed E-state index contributed by atoms with van der Waals surface area (Å²) < 4.78 is 46.5. The Hall–Kier alpha value is -1.47. The molecule has 1 N–H and O–H groups in total. The Kier molecular flexibility index (Phi) is 4.49. The van der Waals surface area contributed by atoms with Gasteiger partial charge in [0.15, 0.2) is 18.1 Å². The van der Waals surface area contributed by atoms with Gasteiger partial charge in [0.1, 0.15) is 0 Å². The number of hydroxylamine groups is 1. The maximum Gasteiger partial charge on any atom is 0.413 e. The lowest BCUT2D eigenvalue weighted by Gasteiger charge is -2.11. The SMILES string of the molecule is FC(F)(F)CONCc1ccc2c(c1)OCCCO2. The van der Waals surface area contributed by atoms with Crippen molar-refractivity contribution in [3.8, 4) is 11.5 Å². The van der Waals surface area contributed by atoms with Gasteiger partial charge in [-0.1, -0.05) is 6.07 Å². The number of hydrogen-bond acceptors (Lipinski definition) is 4. The van der Waals surface area contributed by atoms with E-state index in [2.05, 4.69) is 10.3 Å². The lowest BCUT2D eigenvalue weighted by Crippen LogP contribution is -2.24. The van der Waals surface area contributed by atoms with Gasteiger partial charge in [0, 0.05) is 13.0 Å². The number of rotatable bonds is 4. The van der Waals surface area contributed by atoms with Crippen LogP contribution in [0.2, 0.25) is 0 Å². The third-order valence-electron chi connectivity index (χ3n) is 2.43. The molecule has 0 aliphatic carbocycles. The van der Waals surface area contributed by atoms with E-state index in [-0.39, 0.29) is 6.54 Å². The number of ether oxygens (including phenoxy) is 2. The number of hydrogen-bond donors (Lipinski definition) is 1. The summed E-state index contributed by atoms with van der Waals surface area (Å²) in [5.74, 6) is 1.25. The molecule has 0 unspecified atom stereocenters. The molecule has 0 atom stereocenters. The van der Waals surface area contributed by atoms with E-state index in [4.69, 9.17) is 9.47 Å². The molecule has 0 spiro atoms. The molecule has 0 saturated carbocycles. The maximum atomic E-state index is 11.9. The molecule has 0 bridgehead atoms. The largest absolute Gasteiger partial charge is 0.490 e. The van der Waals surface area contributed by atoms with Crippen molar-refractivity contribution in [2.24, 2.45) is 0 Å². The first kappa shape index (κ1) is 14.0. The van der Waals surface area contributed by atoms with Gasteiger partial charge in [-0.2, -0.15) is 18.7 Å². The average molecular weight is 277 g/mol. The van der Waals surface area contributed by atoms with Crippen LogP contribution in [0.15, 0.2) is 18.2 Å². The lowest BCUT2D eigenvalue weighted by atomic mass is 10.2. The first-order chi connectivity index (χ1) is 9.04. The standard InChI is InChI=1S/C12H14F3NO3/c13-12(14,15)8-19-16-7-9-2-3-10-11(6-9)18-5-1-4-17-10/h2-3,6,16H,1,4-5,7-8H2. The molecule has 1 heterocycles. The number of fused-ring (bicyclic) bond motifs is 1. The third kappa shape index (κ3) is 4.60. The van der Waals surface area contributed by atoms with Crippen molar-refractivity contribution >= 4 is 0 Å². The topological polar surface area (TPSA) is 39.7 Å². The van der Waals surface area contributed by atoms with Crippen LogP contribution in [0, 0.1) is 0 Å². The van der Waals surface area contributed by atoms with Crippen molar-refractivity contribution in [2.45, 2.75) is 19.1 Å². The highest BCUT2D eigenvalue weighted by molar-refractivity contribution is 5.43. The second-order valence-corrected chi connectivity index (χ2v) is 4.06. The molecule has 106 valence electrons. The Morgan fingerprint density at radius 1 is 1.16 bits per heavy atom. The van der Waals surface area contributed by atoms with Gasteiger partial charge in [0.05, 0.1) is 13.2 Å². The predicted octanol–water partition coefficient (Wildman–Crippen LogP) is 2.43. The number of benzene rings is 1. The van der Waals surface area contributed by atoms with Crippen LogP contribution in [0.1, 0.15) is 12.0 Å². The fourth-order valence-corrected chi connectivity index (χ4v) is 1.58. The molecule has 1 aromatic carbocycles. The van der Waals surface area contributed by atoms with Crippen LogP contribution < -0.4 is 15.0 Å². The molecule has 1 aliphatic heterocycles. The predicted molar refractivity (Wildman–Crippen MR) is 60.9 cm³/mol. The van der Waals surface area contributed by atoms with Crippen LogP contribution in [-0.2, 0) is 11.4 Å². The van der Waals surface area contributed by atoms with Gasteiger partial charge in [-0.25, -0.2) is 0 Å². The summed E-state index contributed by atoms with van der Waals surface area (Å²) in [4.78, 5) is 4.32. The van der Waals surface area contributed by atoms with Crippen molar-refractivity contribution < 1.29 is 27.5 Å². The van der Waals surface area contributed by atoms with Crippen molar-refractivity contribution in [3.63, 3.8) is 0 Å². The van der Waals surface area contributed by atoms with Gasteiger partial charge in [-0.05, 0) is 17.7 Å². The summed E-state index contributed by atoms with van der Waals surface area (Å²) in [7, 11) is 0. The third-order valence-corrected chi connectivity index (χ3v) is 2.43. The quantitative estimate of drug-likeness (QED) is 0.678. The van der Waals surface area contributed by atoms with E-state index >= 15 is 0 Å². The monoisotopic (exact) mass is 277 g/mol. The molecule has 1 aromatic rings. The van der Waals surface area contributed by atoms with Gasteiger partial charge in [-0.15, -0.1) is 0 Å². The molecule has 7 heteroatoms. The van der Waals surface area contributed by atoms with E-state index in [1.807, 2.05) is 0 Å². The van der Waals surface area contributed by atoms with Crippen LogP contribution in [0.5, 0.6) is 11.5 Å². The number of halogens is 3. The fraction of sp³-hybridized carbons (Fsp3) is 0.500. The fourth-order valence-electron chi connectivity index (χ4n) is 1.58. The zero-order chi connectivity index (χ0) is 13.7. The van der Waals surface area contributed by atoms with Crippen LogP contribution in [0.4, 0.5) is 13.2 Å². The van der Waals surface area contributed by atoms with E-state index in [1.54, 1.807) is 18.2 Å². The van der Waals surface area contributed by atoms with Gasteiger partial charge < -0.3 is 9.47 Å². The molecular formula is C12H14F3NO3. The van der Waals surface area contributed by atoms with Crippen LogP contribution in [0.3, 0.4) is 0 Å². The summed E-state index contributed by atoms with van der Waals surface area (Å²) >= 11 is 0. The molecular weight excluding hydrogens is 263 g/mol. The summed E-state index contributed by atoms with van der Waals surface area (Å²) in [5.41, 5.74) is 3.02. The lowest BCUT2D eigenvalue weighted by molar-refractivity contribution is -0.190. The first-order valence-electron chi connectivity index (χ1n) is 5.84. The molecule has 4 nitrogen and oxygen atoms in total. The molecule has 0 radical (unpaired) electrons. The summed E-state index contributed by atoms with van der Waals surface area (Å²) in [6.07, 6.45) is -3.53. The Balaban J connectivity index is 1.86.